The second-order valence-electron chi connectivity index (χ2n) is 7.98. The van der Waals surface area contributed by atoms with Crippen LogP contribution in [0.3, 0.4) is 0 Å². The fourth-order valence-electron chi connectivity index (χ4n) is 4.02. The average molecular weight is 437 g/mol. The van der Waals surface area contributed by atoms with Crippen LogP contribution in [-0.2, 0) is 11.3 Å². The number of aromatic nitrogens is 2. The summed E-state index contributed by atoms with van der Waals surface area (Å²) in [7, 11) is 0. The fraction of sp³-hybridized carbons (Fsp3) is 0.348. The normalized spacial score (nSPS) is 15.5. The van der Waals surface area contributed by atoms with Crippen molar-refractivity contribution in [2.45, 2.75) is 26.3 Å². The number of rotatable bonds is 6. The van der Waals surface area contributed by atoms with E-state index >= 15 is 0 Å². The van der Waals surface area contributed by atoms with Crippen molar-refractivity contribution in [3.05, 3.63) is 48.4 Å². The van der Waals surface area contributed by atoms with Crippen molar-refractivity contribution in [3.8, 4) is 10.9 Å². The Morgan fingerprint density at radius 1 is 1.32 bits per heavy atom. The summed E-state index contributed by atoms with van der Waals surface area (Å²) >= 11 is 1.47. The molecule has 5 rings (SSSR count). The Morgan fingerprint density at radius 3 is 3.00 bits per heavy atom. The number of nitrogens with one attached hydrogen (secondary N) is 1. The van der Waals surface area contributed by atoms with Crippen LogP contribution in [0.25, 0.3) is 21.3 Å². The highest BCUT2D eigenvalue weighted by Crippen LogP contribution is 2.33. The zero-order chi connectivity index (χ0) is 21.2. The minimum absolute atomic E-state index is 0.0513. The molecule has 0 unspecified atom stereocenters. The van der Waals surface area contributed by atoms with Gasteiger partial charge in [-0.1, -0.05) is 11.3 Å². The molecule has 1 N–H and O–H groups in total. The monoisotopic (exact) mass is 436 g/mol. The van der Waals surface area contributed by atoms with E-state index in [1.807, 2.05) is 30.5 Å². The summed E-state index contributed by atoms with van der Waals surface area (Å²) < 4.78 is 12.8. The number of thiazole rings is 1. The number of carbonyl (C=O) groups excluding carboxylic acids is 1. The lowest BCUT2D eigenvalue weighted by Crippen LogP contribution is -2.37. The first-order valence-corrected chi connectivity index (χ1v) is 11.3. The van der Waals surface area contributed by atoms with Crippen LogP contribution in [0, 0.1) is 5.92 Å². The summed E-state index contributed by atoms with van der Waals surface area (Å²) in [5.74, 6) is 1.32. The second kappa shape index (κ2) is 8.64. The van der Waals surface area contributed by atoms with Crippen LogP contribution in [0.5, 0.6) is 10.9 Å². The van der Waals surface area contributed by atoms with Gasteiger partial charge in [-0.3, -0.25) is 9.69 Å². The zero-order valence-corrected chi connectivity index (χ0v) is 18.2. The van der Waals surface area contributed by atoms with Gasteiger partial charge >= 0.3 is 0 Å². The van der Waals surface area contributed by atoms with Gasteiger partial charge in [-0.05, 0) is 56.1 Å². The lowest BCUT2D eigenvalue weighted by molar-refractivity contribution is -0.119. The Labute approximate surface area is 184 Å². The molecule has 0 saturated carbocycles. The third kappa shape index (κ3) is 4.55. The summed E-state index contributed by atoms with van der Waals surface area (Å²) in [6, 6.07) is 9.81. The SMILES string of the molecule is CC(=O)NCC1CCN(Cc2coc3cc(Oc4nc5ncccc5s4)ccc23)CC1. The Hall–Kier alpha value is -2.97. The molecule has 4 heterocycles. The highest BCUT2D eigenvalue weighted by molar-refractivity contribution is 7.20. The number of pyridine rings is 1. The van der Waals surface area contributed by atoms with Crippen molar-refractivity contribution >= 4 is 38.6 Å². The molecule has 31 heavy (non-hydrogen) atoms. The summed E-state index contributed by atoms with van der Waals surface area (Å²) in [6.45, 7) is 5.29. The molecule has 7 nitrogen and oxygen atoms in total. The van der Waals surface area contributed by atoms with Crippen molar-refractivity contribution < 1.29 is 13.9 Å². The Morgan fingerprint density at radius 2 is 2.19 bits per heavy atom. The first-order valence-electron chi connectivity index (χ1n) is 10.5. The van der Waals surface area contributed by atoms with Gasteiger partial charge in [0.2, 0.25) is 5.91 Å². The number of furan rings is 1. The van der Waals surface area contributed by atoms with Crippen LogP contribution in [0.2, 0.25) is 0 Å². The van der Waals surface area contributed by atoms with Crippen LogP contribution in [0.4, 0.5) is 0 Å². The molecular weight excluding hydrogens is 412 g/mol. The number of nitrogens with zero attached hydrogens (tertiary/aromatic N) is 3. The third-order valence-corrected chi connectivity index (χ3v) is 6.61. The number of benzene rings is 1. The molecule has 1 fully saturated rings. The number of hydrogen-bond donors (Lipinski definition) is 1. The Bertz CT molecular complexity index is 1180. The van der Waals surface area contributed by atoms with Gasteiger partial charge in [-0.25, -0.2) is 4.98 Å². The summed E-state index contributed by atoms with van der Waals surface area (Å²) in [4.78, 5) is 22.2. The van der Waals surface area contributed by atoms with Gasteiger partial charge in [0, 0.05) is 43.2 Å². The number of amides is 1. The number of fused-ring (bicyclic) bond motifs is 2. The quantitative estimate of drug-likeness (QED) is 0.477. The molecule has 0 bridgehead atoms. The lowest BCUT2D eigenvalue weighted by atomic mass is 9.96. The zero-order valence-electron chi connectivity index (χ0n) is 17.3. The van der Waals surface area contributed by atoms with Crippen molar-refractivity contribution in [2.75, 3.05) is 19.6 Å². The molecule has 0 radical (unpaired) electrons. The molecule has 1 aromatic carbocycles. The number of hydrogen-bond acceptors (Lipinski definition) is 7. The number of likely N-dealkylation sites (tertiary alicyclic amines) is 1. The van der Waals surface area contributed by atoms with E-state index in [1.165, 1.54) is 16.9 Å². The van der Waals surface area contributed by atoms with Crippen molar-refractivity contribution in [3.63, 3.8) is 0 Å². The van der Waals surface area contributed by atoms with Crippen molar-refractivity contribution in [1.29, 1.82) is 0 Å². The van der Waals surface area contributed by atoms with E-state index in [9.17, 15) is 4.79 Å². The van der Waals surface area contributed by atoms with Gasteiger partial charge in [-0.15, -0.1) is 0 Å². The first-order chi connectivity index (χ1) is 15.1. The Kier molecular flexibility index (Phi) is 5.57. The third-order valence-electron chi connectivity index (χ3n) is 5.72. The standard InChI is InChI=1S/C23H24N4O3S/c1-15(28)25-12-16-6-9-27(10-7-16)13-17-14-29-20-11-18(4-5-19(17)20)30-23-26-22-21(31-23)3-2-8-24-22/h2-5,8,11,14,16H,6-7,9-10,12-13H2,1H3,(H,25,28). The van der Waals surface area contributed by atoms with E-state index in [0.717, 1.165) is 54.7 Å². The predicted molar refractivity (Wildman–Crippen MR) is 120 cm³/mol. The van der Waals surface area contributed by atoms with Crippen LogP contribution in [0.1, 0.15) is 25.3 Å². The molecule has 8 heteroatoms. The lowest BCUT2D eigenvalue weighted by Gasteiger charge is -2.31. The van der Waals surface area contributed by atoms with E-state index in [-0.39, 0.29) is 5.91 Å². The van der Waals surface area contributed by atoms with Crippen LogP contribution in [0.15, 0.2) is 47.2 Å². The molecule has 0 spiro atoms. The first kappa shape index (κ1) is 20.0. The van der Waals surface area contributed by atoms with Crippen molar-refractivity contribution in [1.82, 2.24) is 20.2 Å². The number of carbonyl (C=O) groups is 1. The maximum absolute atomic E-state index is 11.1. The van der Waals surface area contributed by atoms with E-state index < -0.39 is 0 Å². The van der Waals surface area contributed by atoms with Gasteiger partial charge in [0.15, 0.2) is 5.65 Å². The van der Waals surface area contributed by atoms with Gasteiger partial charge in [0.05, 0.1) is 11.0 Å². The van der Waals surface area contributed by atoms with E-state index in [1.54, 1.807) is 13.1 Å². The summed E-state index contributed by atoms with van der Waals surface area (Å²) in [5, 5.41) is 4.62. The van der Waals surface area contributed by atoms with Gasteiger partial charge in [0.1, 0.15) is 11.3 Å². The molecule has 1 aliphatic rings. The van der Waals surface area contributed by atoms with E-state index in [4.69, 9.17) is 9.15 Å². The van der Waals surface area contributed by atoms with Gasteiger partial charge in [0.25, 0.3) is 5.19 Å². The largest absolute Gasteiger partial charge is 0.464 e. The fourth-order valence-corrected chi connectivity index (χ4v) is 4.82. The molecule has 0 aliphatic carbocycles. The van der Waals surface area contributed by atoms with E-state index in [0.29, 0.717) is 22.5 Å². The molecule has 3 aromatic heterocycles. The van der Waals surface area contributed by atoms with Crippen molar-refractivity contribution in [2.24, 2.45) is 5.92 Å². The minimum atomic E-state index is 0.0513. The second-order valence-corrected chi connectivity index (χ2v) is 8.98. The molecule has 1 saturated heterocycles. The molecule has 0 atom stereocenters. The topological polar surface area (TPSA) is 80.5 Å². The maximum Gasteiger partial charge on any atom is 0.281 e. The van der Waals surface area contributed by atoms with Crippen LogP contribution < -0.4 is 10.1 Å². The molecule has 1 aliphatic heterocycles. The molecule has 1 amide bonds. The number of piperidine rings is 1. The van der Waals surface area contributed by atoms with E-state index in [2.05, 4.69) is 26.3 Å². The highest BCUT2D eigenvalue weighted by atomic mass is 32.1. The molecule has 160 valence electrons. The van der Waals surface area contributed by atoms with Crippen LogP contribution >= 0.6 is 11.3 Å². The van der Waals surface area contributed by atoms with Crippen LogP contribution in [-0.4, -0.2) is 40.4 Å². The van der Waals surface area contributed by atoms with Gasteiger partial charge < -0.3 is 14.5 Å². The smallest absolute Gasteiger partial charge is 0.281 e. The average Bonchev–Trinajstić information content (AvgIpc) is 3.36. The number of ether oxygens (including phenoxy) is 1. The minimum Gasteiger partial charge on any atom is -0.464 e. The maximum atomic E-state index is 11.1. The Balaban J connectivity index is 1.23. The molecular formula is C23H24N4O3S. The highest BCUT2D eigenvalue weighted by Gasteiger charge is 2.20. The predicted octanol–water partition coefficient (Wildman–Crippen LogP) is 4.58. The summed E-state index contributed by atoms with van der Waals surface area (Å²) in [6.07, 6.45) is 5.78. The molecule has 4 aromatic rings. The summed E-state index contributed by atoms with van der Waals surface area (Å²) in [5.41, 5.74) is 2.70. The van der Waals surface area contributed by atoms with Gasteiger partial charge in [-0.2, -0.15) is 4.98 Å².